The summed E-state index contributed by atoms with van der Waals surface area (Å²) in [4.78, 5) is 0. The van der Waals surface area contributed by atoms with Gasteiger partial charge in [-0.25, -0.2) is 0 Å². The van der Waals surface area contributed by atoms with Crippen molar-refractivity contribution in [3.05, 3.63) is 24.3 Å². The van der Waals surface area contributed by atoms with Gasteiger partial charge in [0.05, 0.1) is 5.39 Å². The lowest BCUT2D eigenvalue weighted by atomic mass is 10.1. The van der Waals surface area contributed by atoms with Crippen molar-refractivity contribution in [3.63, 3.8) is 0 Å². The van der Waals surface area contributed by atoms with Gasteiger partial charge < -0.3 is 15.0 Å². The van der Waals surface area contributed by atoms with Gasteiger partial charge in [0.1, 0.15) is 6.61 Å². The molecule has 0 aliphatic carbocycles. The fourth-order valence-corrected chi connectivity index (χ4v) is 1.83. The number of ether oxygens (including phenoxy) is 1. The summed E-state index contributed by atoms with van der Waals surface area (Å²) in [7, 11) is 0. The number of hydrogen-bond acceptors (Lipinski definition) is 4. The van der Waals surface area contributed by atoms with E-state index in [1.165, 1.54) is 0 Å². The monoisotopic (exact) mass is 234 g/mol. The molecule has 1 unspecified atom stereocenters. The van der Waals surface area contributed by atoms with Crippen molar-refractivity contribution in [2.24, 2.45) is 11.7 Å². The van der Waals surface area contributed by atoms with Crippen molar-refractivity contribution in [2.75, 3.05) is 6.61 Å². The molecule has 2 rings (SSSR count). The third-order valence-electron chi connectivity index (χ3n) is 2.55. The average Bonchev–Trinajstić information content (AvgIpc) is 2.69. The summed E-state index contributed by atoms with van der Waals surface area (Å²) in [6, 6.07) is 7.66. The van der Waals surface area contributed by atoms with Crippen LogP contribution in [0.1, 0.15) is 20.3 Å². The maximum atomic E-state index is 5.95. The van der Waals surface area contributed by atoms with Crippen LogP contribution in [-0.4, -0.2) is 17.8 Å². The van der Waals surface area contributed by atoms with Crippen molar-refractivity contribution >= 4 is 11.0 Å². The highest BCUT2D eigenvalue weighted by atomic mass is 16.5. The molecule has 0 amide bonds. The molecule has 2 N–H and O–H groups in total. The first-order valence-electron chi connectivity index (χ1n) is 5.89. The van der Waals surface area contributed by atoms with Crippen molar-refractivity contribution in [2.45, 2.75) is 26.3 Å². The summed E-state index contributed by atoms with van der Waals surface area (Å²) in [5.74, 6) is 1.10. The Bertz CT molecular complexity index is 479. The minimum absolute atomic E-state index is 0.0328. The van der Waals surface area contributed by atoms with Gasteiger partial charge in [0, 0.05) is 6.04 Å². The number of nitrogens with zero attached hydrogens (tertiary/aromatic N) is 1. The lowest BCUT2D eigenvalue weighted by molar-refractivity contribution is 0.250. The minimum atomic E-state index is 0.0328. The molecular formula is C13H18N2O2. The molecule has 0 saturated heterocycles. The second kappa shape index (κ2) is 5.19. The van der Waals surface area contributed by atoms with Gasteiger partial charge in [-0.2, -0.15) is 0 Å². The van der Waals surface area contributed by atoms with E-state index >= 15 is 0 Å². The first-order chi connectivity index (χ1) is 8.16. The maximum absolute atomic E-state index is 5.95. The zero-order chi connectivity index (χ0) is 12.3. The Morgan fingerprint density at radius 1 is 1.35 bits per heavy atom. The Morgan fingerprint density at radius 3 is 2.88 bits per heavy atom. The van der Waals surface area contributed by atoms with Crippen LogP contribution in [-0.2, 0) is 0 Å². The Balaban J connectivity index is 1.99. The molecule has 17 heavy (non-hydrogen) atoms. The van der Waals surface area contributed by atoms with Crippen LogP contribution in [0.5, 0.6) is 5.88 Å². The van der Waals surface area contributed by atoms with Crippen LogP contribution in [0.2, 0.25) is 0 Å². The summed E-state index contributed by atoms with van der Waals surface area (Å²) in [5, 5.41) is 4.79. The van der Waals surface area contributed by atoms with Crippen molar-refractivity contribution in [3.8, 4) is 5.88 Å². The number of benzene rings is 1. The van der Waals surface area contributed by atoms with E-state index in [1.807, 2.05) is 24.3 Å². The van der Waals surface area contributed by atoms with Gasteiger partial charge in [0.25, 0.3) is 5.88 Å². The molecule has 1 aromatic heterocycles. The Labute approximate surface area is 101 Å². The second-order valence-corrected chi connectivity index (χ2v) is 4.68. The van der Waals surface area contributed by atoms with Crippen LogP contribution in [0.3, 0.4) is 0 Å². The average molecular weight is 234 g/mol. The van der Waals surface area contributed by atoms with Gasteiger partial charge in [-0.1, -0.05) is 26.0 Å². The van der Waals surface area contributed by atoms with E-state index in [2.05, 4.69) is 19.0 Å². The molecule has 4 heteroatoms. The largest absolute Gasteiger partial charge is 0.473 e. The topological polar surface area (TPSA) is 61.3 Å². The van der Waals surface area contributed by atoms with Gasteiger partial charge in [-0.15, -0.1) is 0 Å². The van der Waals surface area contributed by atoms with Crippen LogP contribution in [0.4, 0.5) is 0 Å². The zero-order valence-electron chi connectivity index (χ0n) is 10.2. The molecule has 0 fully saturated rings. The van der Waals surface area contributed by atoms with Crippen LogP contribution in [0.15, 0.2) is 28.8 Å². The molecule has 0 aliphatic heterocycles. The molecule has 1 atom stereocenters. The first kappa shape index (κ1) is 11.9. The summed E-state index contributed by atoms with van der Waals surface area (Å²) in [6.45, 7) is 4.76. The van der Waals surface area contributed by atoms with E-state index in [0.29, 0.717) is 18.4 Å². The van der Waals surface area contributed by atoms with E-state index in [-0.39, 0.29) is 6.04 Å². The summed E-state index contributed by atoms with van der Waals surface area (Å²) in [6.07, 6.45) is 0.940. The Morgan fingerprint density at radius 2 is 2.12 bits per heavy atom. The summed E-state index contributed by atoms with van der Waals surface area (Å²) < 4.78 is 10.7. The van der Waals surface area contributed by atoms with E-state index in [1.54, 1.807) is 0 Å². The third-order valence-corrected chi connectivity index (χ3v) is 2.55. The quantitative estimate of drug-likeness (QED) is 0.863. The van der Waals surface area contributed by atoms with Crippen LogP contribution < -0.4 is 10.5 Å². The van der Waals surface area contributed by atoms with Gasteiger partial charge in [0.2, 0.25) is 0 Å². The summed E-state index contributed by atoms with van der Waals surface area (Å²) in [5.41, 5.74) is 6.69. The second-order valence-electron chi connectivity index (χ2n) is 4.68. The highest BCUT2D eigenvalue weighted by molar-refractivity contribution is 5.81. The van der Waals surface area contributed by atoms with Gasteiger partial charge >= 0.3 is 0 Å². The fraction of sp³-hybridized carbons (Fsp3) is 0.462. The molecule has 2 aromatic rings. The lowest BCUT2D eigenvalue weighted by Crippen LogP contribution is -2.29. The predicted molar refractivity (Wildman–Crippen MR) is 66.9 cm³/mol. The molecule has 0 saturated carbocycles. The summed E-state index contributed by atoms with van der Waals surface area (Å²) >= 11 is 0. The third kappa shape index (κ3) is 2.97. The van der Waals surface area contributed by atoms with Crippen LogP contribution in [0.25, 0.3) is 11.0 Å². The van der Waals surface area contributed by atoms with E-state index in [9.17, 15) is 0 Å². The van der Waals surface area contributed by atoms with Crippen LogP contribution >= 0.6 is 0 Å². The number of aromatic nitrogens is 1. The standard InChI is InChI=1S/C13H18N2O2/c1-9(2)7-10(14)8-16-13-11-5-3-4-6-12(11)17-15-13/h3-6,9-10H,7-8,14H2,1-2H3. The molecule has 0 radical (unpaired) electrons. The molecule has 0 spiro atoms. The number of hydrogen-bond donors (Lipinski definition) is 1. The molecule has 4 nitrogen and oxygen atoms in total. The van der Waals surface area contributed by atoms with Crippen molar-refractivity contribution in [1.29, 1.82) is 0 Å². The molecule has 0 bridgehead atoms. The Kier molecular flexibility index (Phi) is 3.64. The minimum Gasteiger partial charge on any atom is -0.473 e. The fourth-order valence-electron chi connectivity index (χ4n) is 1.83. The van der Waals surface area contributed by atoms with E-state index < -0.39 is 0 Å². The number of rotatable bonds is 5. The molecule has 1 aromatic carbocycles. The molecule has 92 valence electrons. The normalized spacial score (nSPS) is 13.2. The molecule has 0 aliphatic rings. The highest BCUT2D eigenvalue weighted by Crippen LogP contribution is 2.24. The number of fused-ring (bicyclic) bond motifs is 1. The smallest absolute Gasteiger partial charge is 0.262 e. The predicted octanol–water partition coefficient (Wildman–Crippen LogP) is 2.58. The lowest BCUT2D eigenvalue weighted by Gasteiger charge is -2.13. The first-order valence-corrected chi connectivity index (χ1v) is 5.89. The number of para-hydroxylation sites is 1. The molecule has 1 heterocycles. The SMILES string of the molecule is CC(C)CC(N)COc1noc2ccccc12. The van der Waals surface area contributed by atoms with Gasteiger partial charge in [-0.05, 0) is 29.6 Å². The zero-order valence-corrected chi connectivity index (χ0v) is 10.2. The van der Waals surface area contributed by atoms with E-state index in [0.717, 1.165) is 17.4 Å². The van der Waals surface area contributed by atoms with E-state index in [4.69, 9.17) is 15.0 Å². The van der Waals surface area contributed by atoms with Crippen LogP contribution in [0, 0.1) is 5.92 Å². The number of nitrogens with two attached hydrogens (primary N) is 1. The van der Waals surface area contributed by atoms with Gasteiger partial charge in [0.15, 0.2) is 5.58 Å². The van der Waals surface area contributed by atoms with Crippen molar-refractivity contribution in [1.82, 2.24) is 5.16 Å². The Hall–Kier alpha value is -1.55. The van der Waals surface area contributed by atoms with Crippen molar-refractivity contribution < 1.29 is 9.26 Å². The van der Waals surface area contributed by atoms with Gasteiger partial charge in [-0.3, -0.25) is 0 Å². The maximum Gasteiger partial charge on any atom is 0.262 e. The molecular weight excluding hydrogens is 216 g/mol. The highest BCUT2D eigenvalue weighted by Gasteiger charge is 2.11.